The maximum atomic E-state index is 13.1. The van der Waals surface area contributed by atoms with Gasteiger partial charge in [-0.05, 0) is 30.7 Å². The summed E-state index contributed by atoms with van der Waals surface area (Å²) in [7, 11) is 0. The smallest absolute Gasteiger partial charge is 0.319 e. The van der Waals surface area contributed by atoms with Gasteiger partial charge >= 0.3 is 5.97 Å². The van der Waals surface area contributed by atoms with Gasteiger partial charge in [-0.25, -0.2) is 14.4 Å². The lowest BCUT2D eigenvalue weighted by Gasteiger charge is -2.04. The number of aromatic nitrogens is 2. The fourth-order valence-electron chi connectivity index (χ4n) is 2.62. The van der Waals surface area contributed by atoms with Crippen LogP contribution in [-0.4, -0.2) is 27.3 Å². The van der Waals surface area contributed by atoms with E-state index in [9.17, 15) is 9.18 Å². The van der Waals surface area contributed by atoms with E-state index in [-0.39, 0.29) is 23.1 Å². The lowest BCUT2D eigenvalue weighted by Crippen LogP contribution is -2.09. The number of carbonyl (C=O) groups excluding carboxylic acids is 1. The van der Waals surface area contributed by atoms with Crippen molar-refractivity contribution in [3.8, 4) is 10.4 Å². The Labute approximate surface area is 146 Å². The molecule has 24 heavy (non-hydrogen) atoms. The largest absolute Gasteiger partial charge is 0.462 e. The average Bonchev–Trinajstić information content (AvgIpc) is 3.12. The zero-order valence-electron chi connectivity index (χ0n) is 12.7. The van der Waals surface area contributed by atoms with E-state index in [2.05, 4.69) is 9.97 Å². The van der Waals surface area contributed by atoms with Gasteiger partial charge in [-0.1, -0.05) is 23.9 Å². The van der Waals surface area contributed by atoms with Crippen LogP contribution in [0.1, 0.15) is 13.3 Å². The lowest BCUT2D eigenvalue weighted by atomic mass is 10.2. The predicted octanol–water partition coefficient (Wildman–Crippen LogP) is 4.29. The molecule has 1 aliphatic rings. The SMILES string of the molecule is C[C@@H]1C[C@H](Sc2ncnc3cc(-c4ccc(F)cc4)sc23)C(=O)O1. The minimum Gasteiger partial charge on any atom is -0.462 e. The van der Waals surface area contributed by atoms with Crippen LogP contribution in [-0.2, 0) is 9.53 Å². The van der Waals surface area contributed by atoms with Crippen LogP contribution in [0.3, 0.4) is 0 Å². The number of hydrogen-bond donors (Lipinski definition) is 0. The minimum atomic E-state index is -0.259. The Kier molecular flexibility index (Phi) is 3.97. The highest BCUT2D eigenvalue weighted by molar-refractivity contribution is 8.00. The molecule has 0 N–H and O–H groups in total. The molecule has 4 nitrogen and oxygen atoms in total. The van der Waals surface area contributed by atoms with E-state index in [0.717, 1.165) is 25.7 Å². The highest BCUT2D eigenvalue weighted by atomic mass is 32.2. The normalized spacial score (nSPS) is 20.5. The van der Waals surface area contributed by atoms with Crippen molar-refractivity contribution in [3.63, 3.8) is 0 Å². The first-order chi connectivity index (χ1) is 11.6. The Morgan fingerprint density at radius 2 is 2.08 bits per heavy atom. The van der Waals surface area contributed by atoms with E-state index < -0.39 is 0 Å². The molecule has 0 radical (unpaired) electrons. The second kappa shape index (κ2) is 6.14. The number of hydrogen-bond acceptors (Lipinski definition) is 6. The number of fused-ring (bicyclic) bond motifs is 1. The molecule has 0 aliphatic carbocycles. The molecule has 0 spiro atoms. The van der Waals surface area contributed by atoms with Gasteiger partial charge < -0.3 is 4.74 Å². The van der Waals surface area contributed by atoms with Crippen molar-refractivity contribution in [2.75, 3.05) is 0 Å². The fraction of sp³-hybridized carbons (Fsp3) is 0.235. The van der Waals surface area contributed by atoms with Crippen molar-refractivity contribution < 1.29 is 13.9 Å². The molecule has 0 saturated carbocycles. The molecule has 3 aromatic rings. The van der Waals surface area contributed by atoms with Crippen LogP contribution >= 0.6 is 23.1 Å². The highest BCUT2D eigenvalue weighted by Gasteiger charge is 2.33. The number of benzene rings is 1. The monoisotopic (exact) mass is 360 g/mol. The molecule has 7 heteroatoms. The molecule has 0 bridgehead atoms. The molecule has 1 aliphatic heterocycles. The van der Waals surface area contributed by atoms with Crippen LogP contribution in [0.5, 0.6) is 0 Å². The molecule has 1 fully saturated rings. The molecular weight excluding hydrogens is 347 g/mol. The first-order valence-electron chi connectivity index (χ1n) is 7.48. The summed E-state index contributed by atoms with van der Waals surface area (Å²) in [4.78, 5) is 21.5. The summed E-state index contributed by atoms with van der Waals surface area (Å²) in [6.45, 7) is 1.89. The molecule has 2 aromatic heterocycles. The number of carbonyl (C=O) groups is 1. The quantitative estimate of drug-likeness (QED) is 0.515. The van der Waals surface area contributed by atoms with Crippen LogP contribution in [0.25, 0.3) is 20.7 Å². The lowest BCUT2D eigenvalue weighted by molar-refractivity contribution is -0.140. The van der Waals surface area contributed by atoms with Gasteiger partial charge in [0, 0.05) is 11.3 Å². The number of ether oxygens (including phenoxy) is 1. The fourth-order valence-corrected chi connectivity index (χ4v) is 5.00. The van der Waals surface area contributed by atoms with Crippen molar-refractivity contribution >= 4 is 39.3 Å². The van der Waals surface area contributed by atoms with Crippen molar-refractivity contribution in [2.45, 2.75) is 29.7 Å². The summed E-state index contributed by atoms with van der Waals surface area (Å²) in [5.74, 6) is -0.445. The molecule has 1 aromatic carbocycles. The van der Waals surface area contributed by atoms with Gasteiger partial charge in [0.25, 0.3) is 0 Å². The number of halogens is 1. The van der Waals surface area contributed by atoms with Crippen molar-refractivity contribution in [2.24, 2.45) is 0 Å². The highest BCUT2D eigenvalue weighted by Crippen LogP contribution is 2.40. The summed E-state index contributed by atoms with van der Waals surface area (Å²) in [6.07, 6.45) is 2.14. The van der Waals surface area contributed by atoms with E-state index in [1.807, 2.05) is 13.0 Å². The third-order valence-corrected chi connectivity index (χ3v) is 6.30. The van der Waals surface area contributed by atoms with Crippen LogP contribution in [0, 0.1) is 5.82 Å². The summed E-state index contributed by atoms with van der Waals surface area (Å²) in [5.41, 5.74) is 1.76. The van der Waals surface area contributed by atoms with Gasteiger partial charge in [-0.3, -0.25) is 4.79 Å². The number of thioether (sulfide) groups is 1. The number of nitrogens with zero attached hydrogens (tertiary/aromatic N) is 2. The summed E-state index contributed by atoms with van der Waals surface area (Å²) >= 11 is 2.98. The summed E-state index contributed by atoms with van der Waals surface area (Å²) < 4.78 is 19.2. The maximum absolute atomic E-state index is 13.1. The molecule has 0 amide bonds. The number of thiophene rings is 1. The number of rotatable bonds is 3. The summed E-state index contributed by atoms with van der Waals surface area (Å²) in [6, 6.07) is 8.34. The Bertz CT molecular complexity index is 911. The van der Waals surface area contributed by atoms with Crippen LogP contribution in [0.4, 0.5) is 4.39 Å². The molecule has 0 unspecified atom stereocenters. The van der Waals surface area contributed by atoms with Crippen molar-refractivity contribution in [3.05, 3.63) is 42.5 Å². The van der Waals surface area contributed by atoms with E-state index in [0.29, 0.717) is 6.42 Å². The first kappa shape index (κ1) is 15.5. The van der Waals surface area contributed by atoms with E-state index >= 15 is 0 Å². The van der Waals surface area contributed by atoms with E-state index in [1.165, 1.54) is 30.2 Å². The second-order valence-corrected chi connectivity index (χ2v) is 7.84. The van der Waals surface area contributed by atoms with E-state index in [1.54, 1.807) is 23.5 Å². The third-order valence-electron chi connectivity index (χ3n) is 3.79. The molecule has 4 rings (SSSR count). The van der Waals surface area contributed by atoms with Crippen LogP contribution < -0.4 is 0 Å². The van der Waals surface area contributed by atoms with Crippen LogP contribution in [0.15, 0.2) is 41.7 Å². The van der Waals surface area contributed by atoms with Gasteiger partial charge in [-0.15, -0.1) is 11.3 Å². The average molecular weight is 360 g/mol. The molecule has 1 saturated heterocycles. The minimum absolute atomic E-state index is 0.0505. The zero-order valence-corrected chi connectivity index (χ0v) is 14.4. The Morgan fingerprint density at radius 1 is 1.29 bits per heavy atom. The topological polar surface area (TPSA) is 52.1 Å². The van der Waals surface area contributed by atoms with E-state index in [4.69, 9.17) is 4.74 Å². The van der Waals surface area contributed by atoms with Gasteiger partial charge in [0.2, 0.25) is 0 Å². The predicted molar refractivity (Wildman–Crippen MR) is 92.6 cm³/mol. The third kappa shape index (κ3) is 2.89. The zero-order chi connectivity index (χ0) is 16.7. The molecule has 2 atom stereocenters. The van der Waals surface area contributed by atoms with Crippen molar-refractivity contribution in [1.82, 2.24) is 9.97 Å². The maximum Gasteiger partial charge on any atom is 0.319 e. The Morgan fingerprint density at radius 3 is 2.79 bits per heavy atom. The number of esters is 1. The molecule has 3 heterocycles. The van der Waals surface area contributed by atoms with Gasteiger partial charge in [0.1, 0.15) is 28.5 Å². The summed E-state index contributed by atoms with van der Waals surface area (Å²) in [5, 5.41) is 0.559. The number of cyclic esters (lactones) is 1. The standard InChI is InChI=1S/C17H13FN2O2S2/c1-9-6-14(17(21)22-9)24-16-15-12(19-8-20-16)7-13(23-15)10-2-4-11(18)5-3-10/h2-5,7-9,14H,6H2,1H3/t9-,14+/m1/s1. The Balaban J connectivity index is 1.69. The second-order valence-electron chi connectivity index (χ2n) is 5.60. The van der Waals surface area contributed by atoms with Crippen molar-refractivity contribution in [1.29, 1.82) is 0 Å². The molecule has 122 valence electrons. The molecular formula is C17H13FN2O2S2. The Hall–Kier alpha value is -1.99. The van der Waals surface area contributed by atoms with Gasteiger partial charge in [0.05, 0.1) is 10.2 Å². The van der Waals surface area contributed by atoms with Gasteiger partial charge in [0.15, 0.2) is 0 Å². The first-order valence-corrected chi connectivity index (χ1v) is 9.17. The van der Waals surface area contributed by atoms with Gasteiger partial charge in [-0.2, -0.15) is 0 Å². The van der Waals surface area contributed by atoms with Crippen LogP contribution in [0.2, 0.25) is 0 Å².